The number of aliphatic carboxylic acids is 1. The summed E-state index contributed by atoms with van der Waals surface area (Å²) in [4.78, 5) is 35.4. The minimum Gasteiger partial charge on any atom is -0.480 e. The van der Waals surface area contributed by atoms with Crippen molar-refractivity contribution in [2.75, 3.05) is 20.1 Å². The summed E-state index contributed by atoms with van der Waals surface area (Å²) < 4.78 is 0. The number of nitrogens with one attached hydrogen (secondary N) is 2. The predicted molar refractivity (Wildman–Crippen MR) is 70.8 cm³/mol. The van der Waals surface area contributed by atoms with E-state index in [0.717, 1.165) is 12.8 Å². The van der Waals surface area contributed by atoms with Crippen molar-refractivity contribution < 1.29 is 19.5 Å². The number of carbonyl (C=O) groups excluding carboxylic acids is 2. The van der Waals surface area contributed by atoms with E-state index in [0.29, 0.717) is 13.0 Å². The minimum atomic E-state index is -1.06. The molecule has 0 spiro atoms. The Morgan fingerprint density at radius 2 is 1.89 bits per heavy atom. The summed E-state index contributed by atoms with van der Waals surface area (Å²) in [5.74, 6) is -1.35. The normalized spacial score (nSPS) is 11.5. The van der Waals surface area contributed by atoms with E-state index in [2.05, 4.69) is 10.6 Å². The van der Waals surface area contributed by atoms with E-state index in [1.165, 1.54) is 11.9 Å². The molecular formula is C12H23N3O4. The predicted octanol–water partition coefficient (Wildman–Crippen LogP) is 0.407. The zero-order chi connectivity index (χ0) is 14.8. The van der Waals surface area contributed by atoms with Crippen LogP contribution < -0.4 is 10.6 Å². The number of amides is 3. The number of hydrogen-bond donors (Lipinski definition) is 3. The number of carboxylic acids is 1. The molecule has 0 fully saturated rings. The fourth-order valence-corrected chi connectivity index (χ4v) is 1.49. The summed E-state index contributed by atoms with van der Waals surface area (Å²) >= 11 is 0. The quantitative estimate of drug-likeness (QED) is 0.596. The molecule has 1 atom stereocenters. The van der Waals surface area contributed by atoms with Gasteiger partial charge in [0.25, 0.3) is 0 Å². The van der Waals surface area contributed by atoms with Crippen molar-refractivity contribution in [1.82, 2.24) is 15.5 Å². The molecule has 3 N–H and O–H groups in total. The molecule has 0 rings (SSSR count). The molecule has 0 heterocycles. The Balaban J connectivity index is 4.50. The fraction of sp³-hybridized carbons (Fsp3) is 0.750. The first-order valence-corrected chi connectivity index (χ1v) is 6.45. The summed E-state index contributed by atoms with van der Waals surface area (Å²) in [5, 5.41) is 13.9. The lowest BCUT2D eigenvalue weighted by molar-refractivity contribution is -0.139. The summed E-state index contributed by atoms with van der Waals surface area (Å²) in [6.45, 7) is 3.92. The third kappa shape index (κ3) is 6.64. The van der Waals surface area contributed by atoms with Crippen LogP contribution in [0.4, 0.5) is 4.79 Å². The van der Waals surface area contributed by atoms with Crippen molar-refractivity contribution in [1.29, 1.82) is 0 Å². The van der Waals surface area contributed by atoms with Gasteiger partial charge in [-0.25, -0.2) is 9.59 Å². The number of carbonyl (C=O) groups is 3. The second-order valence-corrected chi connectivity index (χ2v) is 4.17. The van der Waals surface area contributed by atoms with Gasteiger partial charge in [0.15, 0.2) is 0 Å². The Bertz CT molecular complexity index is 320. The van der Waals surface area contributed by atoms with Gasteiger partial charge in [-0.15, -0.1) is 0 Å². The number of likely N-dealkylation sites (N-methyl/N-ethyl adjacent to an activating group) is 2. The minimum absolute atomic E-state index is 0.0844. The first kappa shape index (κ1) is 17.2. The van der Waals surface area contributed by atoms with Crippen molar-refractivity contribution in [3.63, 3.8) is 0 Å². The molecule has 7 nitrogen and oxygen atoms in total. The van der Waals surface area contributed by atoms with E-state index in [1.54, 1.807) is 6.92 Å². The van der Waals surface area contributed by atoms with Gasteiger partial charge < -0.3 is 20.6 Å². The number of rotatable bonds is 8. The molecule has 0 aromatic heterocycles. The lowest BCUT2D eigenvalue weighted by atomic mass is 10.1. The molecule has 0 bridgehead atoms. The van der Waals surface area contributed by atoms with E-state index in [9.17, 15) is 14.4 Å². The third-order valence-corrected chi connectivity index (χ3v) is 2.72. The number of urea groups is 1. The van der Waals surface area contributed by atoms with Crippen molar-refractivity contribution in [2.24, 2.45) is 0 Å². The molecule has 0 saturated heterocycles. The van der Waals surface area contributed by atoms with Gasteiger partial charge >= 0.3 is 12.0 Å². The van der Waals surface area contributed by atoms with Crippen molar-refractivity contribution in [2.45, 2.75) is 39.2 Å². The lowest BCUT2D eigenvalue weighted by Crippen LogP contribution is -2.50. The first-order chi connectivity index (χ1) is 8.96. The summed E-state index contributed by atoms with van der Waals surface area (Å²) in [7, 11) is 1.48. The zero-order valence-electron chi connectivity index (χ0n) is 11.7. The molecule has 0 aliphatic heterocycles. The van der Waals surface area contributed by atoms with Gasteiger partial charge in [-0.05, 0) is 13.3 Å². The molecule has 19 heavy (non-hydrogen) atoms. The highest BCUT2D eigenvalue weighted by molar-refractivity contribution is 5.86. The van der Waals surface area contributed by atoms with Crippen LogP contribution in [-0.2, 0) is 9.59 Å². The van der Waals surface area contributed by atoms with Crippen LogP contribution >= 0.6 is 0 Å². The van der Waals surface area contributed by atoms with Crippen LogP contribution in [0.25, 0.3) is 0 Å². The molecule has 0 aliphatic rings. The fourth-order valence-electron chi connectivity index (χ4n) is 1.49. The van der Waals surface area contributed by atoms with Gasteiger partial charge in [0.05, 0.1) is 0 Å². The van der Waals surface area contributed by atoms with E-state index < -0.39 is 18.0 Å². The average molecular weight is 273 g/mol. The second kappa shape index (κ2) is 9.18. The molecule has 0 saturated carbocycles. The number of nitrogens with zero attached hydrogens (tertiary/aromatic N) is 1. The lowest BCUT2D eigenvalue weighted by Gasteiger charge is -2.23. The van der Waals surface area contributed by atoms with Gasteiger partial charge in [0, 0.05) is 13.6 Å². The van der Waals surface area contributed by atoms with Crippen LogP contribution in [-0.4, -0.2) is 54.1 Å². The largest absolute Gasteiger partial charge is 0.480 e. The van der Waals surface area contributed by atoms with Crippen LogP contribution in [0.1, 0.15) is 33.1 Å². The van der Waals surface area contributed by atoms with Crippen molar-refractivity contribution >= 4 is 17.9 Å². The van der Waals surface area contributed by atoms with Gasteiger partial charge in [-0.2, -0.15) is 0 Å². The molecule has 3 amide bonds. The Kier molecular flexibility index (Phi) is 8.32. The van der Waals surface area contributed by atoms with Gasteiger partial charge in [0.1, 0.15) is 12.6 Å². The van der Waals surface area contributed by atoms with Crippen LogP contribution in [0.15, 0.2) is 0 Å². The summed E-state index contributed by atoms with van der Waals surface area (Å²) in [5.41, 5.74) is 0. The maximum atomic E-state index is 11.9. The first-order valence-electron chi connectivity index (χ1n) is 6.45. The Labute approximate surface area is 113 Å². The SMILES string of the molecule is CCCC[C@H](NC(=O)N(CC)CC(=O)NC)C(=O)O. The van der Waals surface area contributed by atoms with Crippen molar-refractivity contribution in [3.8, 4) is 0 Å². The molecule has 110 valence electrons. The van der Waals surface area contributed by atoms with Gasteiger partial charge in [0.2, 0.25) is 5.91 Å². The molecule has 0 aromatic carbocycles. The van der Waals surface area contributed by atoms with Crippen LogP contribution in [0.5, 0.6) is 0 Å². The molecular weight excluding hydrogens is 250 g/mol. The maximum Gasteiger partial charge on any atom is 0.326 e. The van der Waals surface area contributed by atoms with Gasteiger partial charge in [-0.1, -0.05) is 19.8 Å². The topological polar surface area (TPSA) is 98.7 Å². The highest BCUT2D eigenvalue weighted by atomic mass is 16.4. The maximum absolute atomic E-state index is 11.9. The average Bonchev–Trinajstić information content (AvgIpc) is 2.39. The standard InChI is InChI=1S/C12H23N3O4/c1-4-6-7-9(11(17)18)14-12(19)15(5-2)8-10(16)13-3/h9H,4-8H2,1-3H3,(H,13,16)(H,14,19)(H,17,18)/t9-/m0/s1. The number of unbranched alkanes of at least 4 members (excludes halogenated alkanes) is 1. The van der Waals surface area contributed by atoms with Crippen LogP contribution in [0.2, 0.25) is 0 Å². The van der Waals surface area contributed by atoms with Gasteiger partial charge in [-0.3, -0.25) is 4.79 Å². The van der Waals surface area contributed by atoms with E-state index in [4.69, 9.17) is 5.11 Å². The highest BCUT2D eigenvalue weighted by Gasteiger charge is 2.22. The Hall–Kier alpha value is -1.79. The number of carboxylic acid groups (broad SMARTS) is 1. The Morgan fingerprint density at radius 1 is 1.26 bits per heavy atom. The molecule has 0 radical (unpaired) electrons. The van der Waals surface area contributed by atoms with E-state index in [-0.39, 0.29) is 12.5 Å². The number of hydrogen-bond acceptors (Lipinski definition) is 3. The van der Waals surface area contributed by atoms with Crippen LogP contribution in [0.3, 0.4) is 0 Å². The Morgan fingerprint density at radius 3 is 2.32 bits per heavy atom. The molecule has 7 heteroatoms. The molecule has 0 aliphatic carbocycles. The van der Waals surface area contributed by atoms with Crippen LogP contribution in [0, 0.1) is 0 Å². The van der Waals surface area contributed by atoms with Crippen molar-refractivity contribution in [3.05, 3.63) is 0 Å². The second-order valence-electron chi connectivity index (χ2n) is 4.17. The molecule has 0 aromatic rings. The monoisotopic (exact) mass is 273 g/mol. The molecule has 0 unspecified atom stereocenters. The summed E-state index contributed by atoms with van der Waals surface area (Å²) in [6, 6.07) is -1.44. The smallest absolute Gasteiger partial charge is 0.326 e. The third-order valence-electron chi connectivity index (χ3n) is 2.72. The van der Waals surface area contributed by atoms with E-state index in [1.807, 2.05) is 6.92 Å². The van der Waals surface area contributed by atoms with E-state index >= 15 is 0 Å². The summed E-state index contributed by atoms with van der Waals surface area (Å²) in [6.07, 6.45) is 1.96. The zero-order valence-corrected chi connectivity index (χ0v) is 11.7. The highest BCUT2D eigenvalue weighted by Crippen LogP contribution is 2.02.